The third kappa shape index (κ3) is 5.59. The first-order chi connectivity index (χ1) is 21.8. The van der Waals surface area contributed by atoms with Gasteiger partial charge in [0, 0.05) is 25.4 Å². The summed E-state index contributed by atoms with van der Waals surface area (Å²) in [6.45, 7) is 5.37. The lowest BCUT2D eigenvalue weighted by molar-refractivity contribution is -0.228. The summed E-state index contributed by atoms with van der Waals surface area (Å²) in [4.78, 5) is 35.9. The van der Waals surface area contributed by atoms with Crippen LogP contribution in [0.2, 0.25) is 0 Å². The number of hydrogen-bond acceptors (Lipinski definition) is 11. The molecular formula is C30H33F2N7O6. The lowest BCUT2D eigenvalue weighted by Crippen LogP contribution is -2.68. The molecule has 0 radical (unpaired) electrons. The van der Waals surface area contributed by atoms with Crippen molar-refractivity contribution in [2.75, 3.05) is 55.9 Å². The van der Waals surface area contributed by atoms with Crippen molar-refractivity contribution in [3.8, 4) is 17.4 Å². The molecule has 0 amide bonds. The number of hydrogen-bond donors (Lipinski definition) is 2. The molecule has 0 saturated carbocycles. The first-order valence-corrected chi connectivity index (χ1v) is 14.9. The summed E-state index contributed by atoms with van der Waals surface area (Å²) < 4.78 is 51.3. The third-order valence-electron chi connectivity index (χ3n) is 8.88. The van der Waals surface area contributed by atoms with Crippen molar-refractivity contribution in [3.63, 3.8) is 0 Å². The number of H-pyrrole nitrogens is 1. The molecule has 3 saturated heterocycles. The molecule has 7 rings (SSSR count). The average molecular weight is 626 g/mol. The van der Waals surface area contributed by atoms with Gasteiger partial charge in [-0.2, -0.15) is 9.97 Å². The van der Waals surface area contributed by atoms with Gasteiger partial charge in [-0.1, -0.05) is 6.08 Å². The second-order valence-electron chi connectivity index (χ2n) is 11.6. The van der Waals surface area contributed by atoms with Gasteiger partial charge in [0.25, 0.3) is 6.43 Å². The number of nitrogens with one attached hydrogen (secondary N) is 1. The number of nitrogens with zero attached hydrogens (tertiary/aromatic N) is 6. The number of anilines is 2. The molecule has 15 heteroatoms. The zero-order chi connectivity index (χ0) is 31.1. The van der Waals surface area contributed by atoms with Gasteiger partial charge in [-0.25, -0.2) is 23.5 Å². The smallest absolute Gasteiger partial charge is 0.326 e. The van der Waals surface area contributed by atoms with Gasteiger partial charge in [0.15, 0.2) is 5.82 Å². The van der Waals surface area contributed by atoms with E-state index in [4.69, 9.17) is 23.9 Å². The number of carbonyl (C=O) groups is 1. The minimum absolute atomic E-state index is 0.00836. The van der Waals surface area contributed by atoms with Gasteiger partial charge in [-0.15, -0.1) is 0 Å². The van der Waals surface area contributed by atoms with Crippen molar-refractivity contribution >= 4 is 23.2 Å². The van der Waals surface area contributed by atoms with Gasteiger partial charge >= 0.3 is 5.97 Å². The van der Waals surface area contributed by atoms with Crippen LogP contribution in [0.3, 0.4) is 0 Å². The van der Waals surface area contributed by atoms with Gasteiger partial charge < -0.3 is 38.8 Å². The molecule has 238 valence electrons. The highest BCUT2D eigenvalue weighted by molar-refractivity contribution is 5.78. The van der Waals surface area contributed by atoms with Gasteiger partial charge in [-0.3, -0.25) is 0 Å². The molecule has 7 heterocycles. The molecule has 45 heavy (non-hydrogen) atoms. The van der Waals surface area contributed by atoms with Crippen molar-refractivity contribution in [3.05, 3.63) is 48.1 Å². The molecule has 0 aromatic carbocycles. The predicted molar refractivity (Wildman–Crippen MR) is 156 cm³/mol. The number of carboxylic acids is 1. The van der Waals surface area contributed by atoms with Gasteiger partial charge in [0.1, 0.15) is 23.4 Å². The Bertz CT molecular complexity index is 1580. The van der Waals surface area contributed by atoms with E-state index >= 15 is 0 Å². The molecule has 2 N–H and O–H groups in total. The monoisotopic (exact) mass is 625 g/mol. The van der Waals surface area contributed by atoms with E-state index in [1.54, 1.807) is 24.5 Å². The second kappa shape index (κ2) is 11.9. The maximum atomic E-state index is 13.8. The van der Waals surface area contributed by atoms with E-state index in [1.807, 2.05) is 6.08 Å². The maximum absolute atomic E-state index is 13.8. The van der Waals surface area contributed by atoms with Gasteiger partial charge in [0.05, 0.1) is 51.3 Å². The van der Waals surface area contributed by atoms with Crippen LogP contribution in [0.25, 0.3) is 17.1 Å². The molecule has 3 fully saturated rings. The van der Waals surface area contributed by atoms with Crippen molar-refractivity contribution in [2.45, 2.75) is 50.0 Å². The molecule has 1 spiro atoms. The Hall–Kier alpha value is -4.21. The zero-order valence-corrected chi connectivity index (χ0v) is 24.6. The van der Waals surface area contributed by atoms with Gasteiger partial charge in [0.2, 0.25) is 17.7 Å². The Balaban J connectivity index is 1.21. The Morgan fingerprint density at radius 3 is 2.76 bits per heavy atom. The number of carboxylic acid groups (broad SMARTS) is 1. The Morgan fingerprint density at radius 1 is 1.20 bits per heavy atom. The number of ether oxygens (including phenoxy) is 4. The molecule has 13 nitrogen and oxygen atoms in total. The van der Waals surface area contributed by atoms with E-state index in [1.165, 1.54) is 4.90 Å². The molecule has 4 aliphatic rings. The largest absolute Gasteiger partial charge is 0.480 e. The summed E-state index contributed by atoms with van der Waals surface area (Å²) in [6, 6.07) is 4.22. The van der Waals surface area contributed by atoms with Crippen molar-refractivity contribution in [2.24, 2.45) is 0 Å². The molecule has 3 atom stereocenters. The van der Waals surface area contributed by atoms with Crippen molar-refractivity contribution in [1.82, 2.24) is 24.9 Å². The topological polar surface area (TPSA) is 148 Å². The average Bonchev–Trinajstić information content (AvgIpc) is 3.72. The number of aromatic amines is 1. The second-order valence-corrected chi connectivity index (χ2v) is 11.6. The van der Waals surface area contributed by atoms with E-state index in [9.17, 15) is 18.7 Å². The van der Waals surface area contributed by atoms with Crippen LogP contribution in [0.1, 0.15) is 37.6 Å². The van der Waals surface area contributed by atoms with E-state index in [0.29, 0.717) is 51.2 Å². The molecule has 3 aromatic heterocycles. The van der Waals surface area contributed by atoms with E-state index < -0.39 is 36.0 Å². The van der Waals surface area contributed by atoms with Crippen molar-refractivity contribution < 1.29 is 37.6 Å². The fraction of sp³-hybridized carbons (Fsp3) is 0.500. The van der Waals surface area contributed by atoms with Crippen LogP contribution in [0.4, 0.5) is 20.4 Å². The standard InChI is InChI=1S/C30H33F2N7O6/c1-17-30(15-43-16-30)44-10-7-38(17)22-11-19(18-4-8-42-9-5-18)13-34-27(22)45-20-12-23(28(40)41)39(14-20)29-36-25(21-3-2-6-33-21)35-26(37-29)24(31)32/h2-4,6,11,13,17,20,23-24,33H,5,7-10,12,14-16H2,1H3,(H,40,41)/t17-,20-,23-/m0/s1. The number of alkyl halides is 2. The van der Waals surface area contributed by atoms with Crippen molar-refractivity contribution in [1.29, 1.82) is 0 Å². The third-order valence-corrected chi connectivity index (χ3v) is 8.88. The summed E-state index contributed by atoms with van der Waals surface area (Å²) in [6.07, 6.45) is 2.61. The number of rotatable bonds is 8. The van der Waals surface area contributed by atoms with Crippen LogP contribution in [0.15, 0.2) is 36.7 Å². The number of halogens is 2. The highest BCUT2D eigenvalue weighted by Gasteiger charge is 2.50. The minimum Gasteiger partial charge on any atom is -0.480 e. The van der Waals surface area contributed by atoms with Crippen LogP contribution in [-0.2, 0) is 19.0 Å². The normalized spacial score (nSPS) is 24.5. The Labute approximate surface area is 257 Å². The molecule has 4 aliphatic heterocycles. The first kappa shape index (κ1) is 29.5. The predicted octanol–water partition coefficient (Wildman–Crippen LogP) is 3.11. The highest BCUT2D eigenvalue weighted by Crippen LogP contribution is 2.40. The number of morpholine rings is 1. The fourth-order valence-electron chi connectivity index (χ4n) is 6.30. The molecule has 0 bridgehead atoms. The van der Waals surface area contributed by atoms with E-state index in [2.05, 4.69) is 37.8 Å². The lowest BCUT2D eigenvalue weighted by Gasteiger charge is -2.53. The van der Waals surface area contributed by atoms with Crippen LogP contribution in [0.5, 0.6) is 5.88 Å². The van der Waals surface area contributed by atoms with Crippen LogP contribution >= 0.6 is 0 Å². The summed E-state index contributed by atoms with van der Waals surface area (Å²) in [5, 5.41) is 10.1. The number of aromatic nitrogens is 5. The molecule has 0 aliphatic carbocycles. The quantitative estimate of drug-likeness (QED) is 0.379. The minimum atomic E-state index is -2.98. The Kier molecular flexibility index (Phi) is 7.83. The van der Waals surface area contributed by atoms with Gasteiger partial charge in [-0.05, 0) is 42.7 Å². The van der Waals surface area contributed by atoms with Crippen LogP contribution < -0.4 is 14.5 Å². The Morgan fingerprint density at radius 2 is 2.07 bits per heavy atom. The SMILES string of the molecule is C[C@@H]1N(c2cc(C3=CCOCC3)cnc2O[C@H]2C[C@@H](C(=O)O)N(c3nc(-c4ccc[nH]4)nc(C(F)F)n3)C2)CCOC12COC2. The van der Waals surface area contributed by atoms with E-state index in [-0.39, 0.29) is 30.8 Å². The highest BCUT2D eigenvalue weighted by atomic mass is 19.3. The lowest BCUT2D eigenvalue weighted by atomic mass is 9.89. The molecule has 3 aromatic rings. The molecular weight excluding hydrogens is 592 g/mol. The first-order valence-electron chi connectivity index (χ1n) is 14.9. The summed E-state index contributed by atoms with van der Waals surface area (Å²) in [7, 11) is 0. The summed E-state index contributed by atoms with van der Waals surface area (Å²) in [5.74, 6) is -1.71. The fourth-order valence-corrected chi connectivity index (χ4v) is 6.30. The van der Waals surface area contributed by atoms with Crippen LogP contribution in [-0.4, -0.2) is 106 Å². The summed E-state index contributed by atoms with van der Waals surface area (Å²) >= 11 is 0. The van der Waals surface area contributed by atoms with E-state index in [0.717, 1.165) is 23.2 Å². The molecule has 0 unspecified atom stereocenters. The zero-order valence-electron chi connectivity index (χ0n) is 24.6. The summed E-state index contributed by atoms with van der Waals surface area (Å²) in [5.41, 5.74) is 2.82. The number of pyridine rings is 1. The number of aliphatic carboxylic acids is 1. The van der Waals surface area contributed by atoms with Crippen LogP contribution in [0, 0.1) is 0 Å². The maximum Gasteiger partial charge on any atom is 0.326 e.